The van der Waals surface area contributed by atoms with Crippen LogP contribution in [0.4, 0.5) is 4.79 Å². The van der Waals surface area contributed by atoms with Gasteiger partial charge >= 0.3 is 12.1 Å². The van der Waals surface area contributed by atoms with E-state index < -0.39 is 0 Å². The highest BCUT2D eigenvalue weighted by molar-refractivity contribution is 5.74. The third-order valence-electron chi connectivity index (χ3n) is 4.20. The van der Waals surface area contributed by atoms with Crippen molar-refractivity contribution in [2.45, 2.75) is 52.4 Å². The van der Waals surface area contributed by atoms with E-state index in [1.165, 1.54) is 13.5 Å². The zero-order valence-corrected chi connectivity index (χ0v) is 13.6. The minimum absolute atomic E-state index is 0.210. The number of carbonyl (C=O) groups is 2. The lowest BCUT2D eigenvalue weighted by Crippen LogP contribution is -2.43. The van der Waals surface area contributed by atoms with Crippen LogP contribution in [0.2, 0.25) is 0 Å². The quantitative estimate of drug-likeness (QED) is 0.677. The van der Waals surface area contributed by atoms with Gasteiger partial charge in [0.25, 0.3) is 0 Å². The molecule has 2 unspecified atom stereocenters. The molecular formula is C16H29NO4. The van der Waals surface area contributed by atoms with Gasteiger partial charge in [-0.2, -0.15) is 0 Å². The molecule has 21 heavy (non-hydrogen) atoms. The molecule has 0 aromatic rings. The monoisotopic (exact) mass is 299 g/mol. The Labute approximate surface area is 128 Å². The maximum Gasteiger partial charge on any atom is 0.409 e. The summed E-state index contributed by atoms with van der Waals surface area (Å²) in [6.07, 6.45) is 5.77. The van der Waals surface area contributed by atoms with Gasteiger partial charge in [0, 0.05) is 13.1 Å². The number of carbonyl (C=O) groups excluding carboxylic acids is 2. The van der Waals surface area contributed by atoms with Crippen molar-refractivity contribution in [3.63, 3.8) is 0 Å². The van der Waals surface area contributed by atoms with Gasteiger partial charge in [-0.05, 0) is 25.2 Å². The molecule has 0 radical (unpaired) electrons. The number of likely N-dealkylation sites (tertiary alicyclic amines) is 1. The summed E-state index contributed by atoms with van der Waals surface area (Å²) in [6.45, 7) is 5.85. The fourth-order valence-corrected chi connectivity index (χ4v) is 2.68. The number of hydrogen-bond acceptors (Lipinski definition) is 4. The minimum atomic E-state index is -0.293. The third kappa shape index (κ3) is 5.94. The molecule has 1 heterocycles. The number of amides is 1. The number of rotatable bonds is 7. The predicted octanol–water partition coefficient (Wildman–Crippen LogP) is 3.22. The van der Waals surface area contributed by atoms with Crippen molar-refractivity contribution in [1.29, 1.82) is 0 Å². The first-order valence-electron chi connectivity index (χ1n) is 8.11. The number of hydrogen-bond donors (Lipinski definition) is 0. The summed E-state index contributed by atoms with van der Waals surface area (Å²) >= 11 is 0. The standard InChI is InChI=1S/C16H29NO4/c1-4-6-8-13(5-2)12-21-16(19)17-10-7-9-14(11-17)15(18)20-3/h13-14H,4-12H2,1-3H3. The Bertz CT molecular complexity index is 332. The first kappa shape index (κ1) is 17.8. The van der Waals surface area contributed by atoms with Gasteiger partial charge in [-0.25, -0.2) is 4.79 Å². The van der Waals surface area contributed by atoms with Gasteiger partial charge in [0.15, 0.2) is 0 Å². The van der Waals surface area contributed by atoms with E-state index in [9.17, 15) is 9.59 Å². The van der Waals surface area contributed by atoms with Gasteiger partial charge in [-0.1, -0.05) is 33.1 Å². The second-order valence-corrected chi connectivity index (χ2v) is 5.80. The fourth-order valence-electron chi connectivity index (χ4n) is 2.68. The number of methoxy groups -OCH3 is 1. The van der Waals surface area contributed by atoms with Crippen LogP contribution in [0, 0.1) is 11.8 Å². The summed E-state index contributed by atoms with van der Waals surface area (Å²) in [5.74, 6) is -0.00432. The summed E-state index contributed by atoms with van der Waals surface area (Å²) in [5.41, 5.74) is 0. The lowest BCUT2D eigenvalue weighted by Gasteiger charge is -2.31. The average molecular weight is 299 g/mol. The Morgan fingerprint density at radius 3 is 2.71 bits per heavy atom. The zero-order chi connectivity index (χ0) is 15.7. The maximum atomic E-state index is 12.1. The lowest BCUT2D eigenvalue weighted by molar-refractivity contribution is -0.147. The first-order valence-corrected chi connectivity index (χ1v) is 8.11. The number of esters is 1. The summed E-state index contributed by atoms with van der Waals surface area (Å²) in [4.78, 5) is 25.3. The van der Waals surface area contributed by atoms with Crippen molar-refractivity contribution < 1.29 is 19.1 Å². The van der Waals surface area contributed by atoms with Crippen LogP contribution in [0.5, 0.6) is 0 Å². The Morgan fingerprint density at radius 2 is 2.10 bits per heavy atom. The summed E-state index contributed by atoms with van der Waals surface area (Å²) in [5, 5.41) is 0. The summed E-state index contributed by atoms with van der Waals surface area (Å²) < 4.78 is 10.2. The molecule has 5 nitrogen and oxygen atoms in total. The summed E-state index contributed by atoms with van der Waals surface area (Å²) in [6, 6.07) is 0. The van der Waals surface area contributed by atoms with Crippen LogP contribution in [0.1, 0.15) is 52.4 Å². The molecule has 1 fully saturated rings. The number of nitrogens with zero attached hydrogens (tertiary/aromatic N) is 1. The normalized spacial score (nSPS) is 20.0. The van der Waals surface area contributed by atoms with Gasteiger partial charge in [0.1, 0.15) is 0 Å². The number of unbranched alkanes of at least 4 members (excludes halogenated alkanes) is 1. The molecule has 1 aliphatic heterocycles. The molecule has 0 bridgehead atoms. The molecular weight excluding hydrogens is 270 g/mol. The van der Waals surface area contributed by atoms with Crippen LogP contribution < -0.4 is 0 Å². The van der Waals surface area contributed by atoms with E-state index in [0.29, 0.717) is 25.6 Å². The molecule has 1 rings (SSSR count). The smallest absolute Gasteiger partial charge is 0.409 e. The highest BCUT2D eigenvalue weighted by Crippen LogP contribution is 2.19. The number of piperidine rings is 1. The molecule has 5 heteroatoms. The van der Waals surface area contributed by atoms with Crippen LogP contribution in [0.25, 0.3) is 0 Å². The van der Waals surface area contributed by atoms with E-state index in [-0.39, 0.29) is 18.0 Å². The molecule has 0 aliphatic carbocycles. The van der Waals surface area contributed by atoms with Crippen molar-refractivity contribution in [3.05, 3.63) is 0 Å². The van der Waals surface area contributed by atoms with E-state index in [1.807, 2.05) is 0 Å². The van der Waals surface area contributed by atoms with Crippen molar-refractivity contribution in [3.8, 4) is 0 Å². The Morgan fingerprint density at radius 1 is 1.33 bits per heavy atom. The van der Waals surface area contributed by atoms with E-state index in [1.54, 1.807) is 4.90 Å². The van der Waals surface area contributed by atoms with Crippen LogP contribution in [-0.2, 0) is 14.3 Å². The molecule has 1 amide bonds. The van der Waals surface area contributed by atoms with Gasteiger partial charge in [0.2, 0.25) is 0 Å². The second-order valence-electron chi connectivity index (χ2n) is 5.80. The van der Waals surface area contributed by atoms with Crippen molar-refractivity contribution in [2.75, 3.05) is 26.8 Å². The molecule has 0 aromatic carbocycles. The van der Waals surface area contributed by atoms with E-state index in [2.05, 4.69) is 13.8 Å². The largest absolute Gasteiger partial charge is 0.469 e. The third-order valence-corrected chi connectivity index (χ3v) is 4.20. The highest BCUT2D eigenvalue weighted by Gasteiger charge is 2.29. The van der Waals surface area contributed by atoms with Crippen molar-refractivity contribution in [2.24, 2.45) is 11.8 Å². The molecule has 1 saturated heterocycles. The fraction of sp³-hybridized carbons (Fsp3) is 0.875. The van der Waals surface area contributed by atoms with Crippen molar-refractivity contribution >= 4 is 12.1 Å². The molecule has 0 saturated carbocycles. The SMILES string of the molecule is CCCCC(CC)COC(=O)N1CCCC(C(=O)OC)C1. The van der Waals surface area contributed by atoms with Gasteiger partial charge in [-0.3, -0.25) is 4.79 Å². The summed E-state index contributed by atoms with van der Waals surface area (Å²) in [7, 11) is 1.39. The highest BCUT2D eigenvalue weighted by atomic mass is 16.6. The predicted molar refractivity (Wildman–Crippen MR) is 81.0 cm³/mol. The van der Waals surface area contributed by atoms with Gasteiger partial charge in [-0.15, -0.1) is 0 Å². The Balaban J connectivity index is 2.38. The molecule has 2 atom stereocenters. The van der Waals surface area contributed by atoms with Crippen LogP contribution in [-0.4, -0.2) is 43.8 Å². The van der Waals surface area contributed by atoms with Gasteiger partial charge < -0.3 is 14.4 Å². The van der Waals surface area contributed by atoms with E-state index in [4.69, 9.17) is 9.47 Å². The molecule has 0 N–H and O–H groups in total. The molecule has 0 aromatic heterocycles. The van der Waals surface area contributed by atoms with Crippen LogP contribution in [0.15, 0.2) is 0 Å². The minimum Gasteiger partial charge on any atom is -0.469 e. The average Bonchev–Trinajstić information content (AvgIpc) is 2.54. The lowest BCUT2D eigenvalue weighted by atomic mass is 9.98. The van der Waals surface area contributed by atoms with E-state index >= 15 is 0 Å². The van der Waals surface area contributed by atoms with Crippen LogP contribution >= 0.6 is 0 Å². The maximum absolute atomic E-state index is 12.1. The molecule has 1 aliphatic rings. The topological polar surface area (TPSA) is 55.8 Å². The second kappa shape index (κ2) is 9.64. The molecule has 122 valence electrons. The Kier molecular flexibility index (Phi) is 8.16. The Hall–Kier alpha value is -1.26. The first-order chi connectivity index (χ1) is 10.1. The number of ether oxygens (including phenoxy) is 2. The zero-order valence-electron chi connectivity index (χ0n) is 13.6. The molecule has 0 spiro atoms. The van der Waals surface area contributed by atoms with Crippen molar-refractivity contribution in [1.82, 2.24) is 4.90 Å². The van der Waals surface area contributed by atoms with Crippen LogP contribution in [0.3, 0.4) is 0 Å². The van der Waals surface area contributed by atoms with E-state index in [0.717, 1.165) is 32.1 Å². The van der Waals surface area contributed by atoms with Gasteiger partial charge in [0.05, 0.1) is 19.6 Å².